The Balaban J connectivity index is 0.00000162. The first-order valence-corrected chi connectivity index (χ1v) is 5.79. The lowest BCUT2D eigenvalue weighted by atomic mass is 10.3. The zero-order valence-electron chi connectivity index (χ0n) is 10.3. The molecule has 0 aliphatic heterocycles. The molecule has 2 aromatic rings. The lowest BCUT2D eigenvalue weighted by molar-refractivity contribution is 0.418. The van der Waals surface area contributed by atoms with E-state index in [4.69, 9.17) is 0 Å². The number of rotatable bonds is 5. The zero-order chi connectivity index (χ0) is 11.9. The smallest absolute Gasteiger partial charge is 0.0507 e. The molecule has 0 unspecified atom stereocenters. The first-order valence-electron chi connectivity index (χ1n) is 5.79. The van der Waals surface area contributed by atoms with Crippen LogP contribution in [0, 0.1) is 0 Å². The molecule has 4 heteroatoms. The van der Waals surface area contributed by atoms with Crippen molar-refractivity contribution in [2.24, 2.45) is 0 Å². The van der Waals surface area contributed by atoms with Crippen LogP contribution in [0.3, 0.4) is 0 Å². The van der Waals surface area contributed by atoms with Gasteiger partial charge in [-0.2, -0.15) is 0 Å². The van der Waals surface area contributed by atoms with Gasteiger partial charge in [0, 0.05) is 6.54 Å². The Bertz CT molecular complexity index is 392. The van der Waals surface area contributed by atoms with Gasteiger partial charge in [-0.3, -0.25) is 0 Å². The maximum Gasteiger partial charge on any atom is 0.0507 e. The van der Waals surface area contributed by atoms with Gasteiger partial charge in [0.2, 0.25) is 0 Å². The molecule has 0 saturated heterocycles. The van der Waals surface area contributed by atoms with Crippen LogP contribution in [0.5, 0.6) is 0 Å². The van der Waals surface area contributed by atoms with Crippen molar-refractivity contribution >= 4 is 35.4 Å². The fourth-order valence-corrected chi connectivity index (χ4v) is 1.52. The minimum Gasteiger partial charge on any atom is -0.301 e. The zero-order valence-corrected chi connectivity index (χ0v) is 12.7. The van der Waals surface area contributed by atoms with Crippen LogP contribution >= 0.6 is 24.0 Å². The van der Waals surface area contributed by atoms with E-state index in [1.807, 2.05) is 65.8 Å². The summed E-state index contributed by atoms with van der Waals surface area (Å²) in [6, 6.07) is 20.2. The van der Waals surface area contributed by atoms with Gasteiger partial charge in [-0.25, -0.2) is 0 Å². The van der Waals surface area contributed by atoms with Crippen molar-refractivity contribution in [3.05, 3.63) is 60.7 Å². The Morgan fingerprint density at radius 2 is 1.17 bits per heavy atom. The number of hydrazine groups is 2. The minimum atomic E-state index is 0. The molecule has 0 saturated carbocycles. The summed E-state index contributed by atoms with van der Waals surface area (Å²) >= 11 is 0. The number of hydrogen-bond donors (Lipinski definition) is 2. The van der Waals surface area contributed by atoms with Crippen LogP contribution in [0.15, 0.2) is 60.7 Å². The second kappa shape index (κ2) is 7.94. The molecule has 0 fully saturated rings. The van der Waals surface area contributed by atoms with E-state index in [9.17, 15) is 0 Å². The highest BCUT2D eigenvalue weighted by Gasteiger charge is 2.00. The third kappa shape index (κ3) is 4.54. The van der Waals surface area contributed by atoms with E-state index in [1.165, 1.54) is 0 Å². The predicted octanol–water partition coefficient (Wildman–Crippen LogP) is 3.98. The molecule has 0 amide bonds. The maximum absolute atomic E-state index is 3.30. The van der Waals surface area contributed by atoms with E-state index in [1.54, 1.807) is 0 Å². The molecule has 2 aromatic carbocycles. The molecule has 0 spiro atoms. The first-order chi connectivity index (χ1) is 8.38. The fourth-order valence-electron chi connectivity index (χ4n) is 1.52. The normalized spacial score (nSPS) is 9.67. The number of halogens is 1. The Morgan fingerprint density at radius 1 is 0.778 bits per heavy atom. The van der Waals surface area contributed by atoms with Gasteiger partial charge in [0.15, 0.2) is 0 Å². The third-order valence-corrected chi connectivity index (χ3v) is 2.39. The summed E-state index contributed by atoms with van der Waals surface area (Å²) in [5.41, 5.74) is 8.73. The van der Waals surface area contributed by atoms with Crippen molar-refractivity contribution in [1.82, 2.24) is 5.12 Å². The molecule has 0 aliphatic rings. The molecule has 0 radical (unpaired) electrons. The minimum absolute atomic E-state index is 0. The number of anilines is 2. The topological polar surface area (TPSA) is 27.3 Å². The summed E-state index contributed by atoms with van der Waals surface area (Å²) in [7, 11) is 0. The van der Waals surface area contributed by atoms with Crippen LogP contribution in [0.1, 0.15) is 6.92 Å². The van der Waals surface area contributed by atoms with Gasteiger partial charge < -0.3 is 10.9 Å². The Morgan fingerprint density at radius 3 is 1.50 bits per heavy atom. The standard InChI is InChI=1S/C14H17N3.HI/c1-2-17(15-13-9-5-3-6-10-13)16-14-11-7-4-8-12-14;/h3-12,15-16H,2H2,1H3;1H. The number of nitrogens with one attached hydrogen (secondary N) is 2. The predicted molar refractivity (Wildman–Crippen MR) is 87.9 cm³/mol. The van der Waals surface area contributed by atoms with Gasteiger partial charge in [-0.15, -0.1) is 29.1 Å². The molecule has 2 N–H and O–H groups in total. The average Bonchev–Trinajstić information content (AvgIpc) is 2.40. The summed E-state index contributed by atoms with van der Waals surface area (Å²) in [6.07, 6.45) is 0. The lowest BCUT2D eigenvalue weighted by Gasteiger charge is -2.24. The van der Waals surface area contributed by atoms with E-state index >= 15 is 0 Å². The molecular formula is C14H18IN3. The van der Waals surface area contributed by atoms with Crippen LogP contribution in [0.25, 0.3) is 0 Å². The molecule has 3 nitrogen and oxygen atoms in total. The molecule has 0 aromatic heterocycles. The number of nitrogens with zero attached hydrogens (tertiary/aromatic N) is 1. The largest absolute Gasteiger partial charge is 0.301 e. The van der Waals surface area contributed by atoms with Gasteiger partial charge >= 0.3 is 0 Å². The van der Waals surface area contributed by atoms with Crippen LogP contribution in [0.4, 0.5) is 11.4 Å². The SMILES string of the molecule is CCN(Nc1ccccc1)Nc1ccccc1.I. The number of para-hydroxylation sites is 2. The Kier molecular flexibility index (Phi) is 6.53. The first kappa shape index (κ1) is 14.8. The van der Waals surface area contributed by atoms with Crippen LogP contribution in [0.2, 0.25) is 0 Å². The highest BCUT2D eigenvalue weighted by Crippen LogP contribution is 2.10. The van der Waals surface area contributed by atoms with Crippen LogP contribution in [-0.4, -0.2) is 11.7 Å². The summed E-state index contributed by atoms with van der Waals surface area (Å²) in [4.78, 5) is 0. The Hall–Kier alpha value is -1.27. The molecule has 0 aliphatic carbocycles. The molecule has 0 bridgehead atoms. The fraction of sp³-hybridized carbons (Fsp3) is 0.143. The van der Waals surface area contributed by atoms with Crippen molar-refractivity contribution in [3.63, 3.8) is 0 Å². The quantitative estimate of drug-likeness (QED) is 0.628. The van der Waals surface area contributed by atoms with Gasteiger partial charge in [0.25, 0.3) is 0 Å². The van der Waals surface area contributed by atoms with Gasteiger partial charge in [0.05, 0.1) is 11.4 Å². The summed E-state index contributed by atoms with van der Waals surface area (Å²) in [5, 5.41) is 1.95. The van der Waals surface area contributed by atoms with Crippen molar-refractivity contribution in [1.29, 1.82) is 0 Å². The average molecular weight is 355 g/mol. The highest BCUT2D eigenvalue weighted by atomic mass is 127. The van der Waals surface area contributed by atoms with Crippen molar-refractivity contribution in [3.8, 4) is 0 Å². The molecule has 18 heavy (non-hydrogen) atoms. The number of benzene rings is 2. The lowest BCUT2D eigenvalue weighted by Crippen LogP contribution is -2.35. The van der Waals surface area contributed by atoms with E-state index in [2.05, 4.69) is 17.8 Å². The maximum atomic E-state index is 3.30. The van der Waals surface area contributed by atoms with Gasteiger partial charge in [-0.1, -0.05) is 36.4 Å². The summed E-state index contributed by atoms with van der Waals surface area (Å²) in [6.45, 7) is 2.94. The van der Waals surface area contributed by atoms with E-state index in [-0.39, 0.29) is 24.0 Å². The van der Waals surface area contributed by atoms with Crippen molar-refractivity contribution in [2.75, 3.05) is 17.4 Å². The second-order valence-electron chi connectivity index (χ2n) is 3.70. The second-order valence-corrected chi connectivity index (χ2v) is 3.70. The van der Waals surface area contributed by atoms with E-state index in [0.717, 1.165) is 17.9 Å². The third-order valence-electron chi connectivity index (χ3n) is 2.39. The van der Waals surface area contributed by atoms with Crippen LogP contribution in [-0.2, 0) is 0 Å². The van der Waals surface area contributed by atoms with Crippen molar-refractivity contribution < 1.29 is 0 Å². The monoisotopic (exact) mass is 355 g/mol. The Labute approximate surface area is 125 Å². The van der Waals surface area contributed by atoms with E-state index in [0.29, 0.717) is 0 Å². The van der Waals surface area contributed by atoms with Crippen molar-refractivity contribution in [2.45, 2.75) is 6.92 Å². The molecule has 0 atom stereocenters. The summed E-state index contributed by atoms with van der Waals surface area (Å²) in [5.74, 6) is 0. The summed E-state index contributed by atoms with van der Waals surface area (Å²) < 4.78 is 0. The molecule has 96 valence electrons. The van der Waals surface area contributed by atoms with Gasteiger partial charge in [0.1, 0.15) is 0 Å². The highest BCUT2D eigenvalue weighted by molar-refractivity contribution is 14.0. The molecule has 0 heterocycles. The van der Waals surface area contributed by atoms with Crippen LogP contribution < -0.4 is 10.9 Å². The van der Waals surface area contributed by atoms with Gasteiger partial charge in [-0.05, 0) is 31.2 Å². The molecular weight excluding hydrogens is 337 g/mol. The number of hydrogen-bond acceptors (Lipinski definition) is 3. The molecule has 2 rings (SSSR count). The van der Waals surface area contributed by atoms with E-state index < -0.39 is 0 Å².